The molecule has 1 atom stereocenters. The van der Waals surface area contributed by atoms with E-state index in [0.29, 0.717) is 13.2 Å². The van der Waals surface area contributed by atoms with Crippen LogP contribution in [0.4, 0.5) is 0 Å². The van der Waals surface area contributed by atoms with Crippen molar-refractivity contribution >= 4 is 14.7 Å². The molecule has 0 radical (unpaired) electrons. The smallest absolute Gasteiger partial charge is 0.375 e. The van der Waals surface area contributed by atoms with Gasteiger partial charge in [0.15, 0.2) is 0 Å². The molecular formula is C28H51N3O6Si. The van der Waals surface area contributed by atoms with E-state index in [1.165, 1.54) is 0 Å². The number of amides is 1. The molecule has 1 N–H and O–H groups in total. The molecular weight excluding hydrogens is 502 g/mol. The number of rotatable bonds is 14. The van der Waals surface area contributed by atoms with Gasteiger partial charge in [0, 0.05) is 38.4 Å². The standard InChI is InChI=1S/C28H51N3O6Si/c1-21(2)26(23-14-12-22(13-15-23)19-36-20-38(33-9,34-10)35-11)37-31-27(3,4)16-24(17-28(31,5)6)29-25(32)18-30(7)8/h12-15,21,24,26H,16-20H2,1-11H3,(H,29,32). The zero-order chi connectivity index (χ0) is 28.7. The normalized spacial score (nSPS) is 19.2. The van der Waals surface area contributed by atoms with Gasteiger partial charge < -0.3 is 28.2 Å². The van der Waals surface area contributed by atoms with E-state index in [9.17, 15) is 4.79 Å². The molecule has 0 saturated carbocycles. The summed E-state index contributed by atoms with van der Waals surface area (Å²) in [5, 5.41) is 5.40. The molecule has 1 aromatic rings. The Kier molecular flexibility index (Phi) is 11.9. The first-order valence-corrected chi connectivity index (χ1v) is 15.3. The van der Waals surface area contributed by atoms with Gasteiger partial charge in [-0.2, -0.15) is 5.06 Å². The molecule has 38 heavy (non-hydrogen) atoms. The quantitative estimate of drug-likeness (QED) is 0.347. The molecule has 1 aromatic carbocycles. The number of carbonyl (C=O) groups excluding carboxylic acids is 1. The van der Waals surface area contributed by atoms with Crippen molar-refractivity contribution in [2.24, 2.45) is 5.92 Å². The molecule has 1 amide bonds. The third-order valence-electron chi connectivity index (χ3n) is 7.03. The Morgan fingerprint density at radius 1 is 1.03 bits per heavy atom. The maximum atomic E-state index is 12.4. The van der Waals surface area contributed by atoms with Crippen molar-refractivity contribution in [2.45, 2.75) is 84.2 Å². The second kappa shape index (κ2) is 13.8. The monoisotopic (exact) mass is 553 g/mol. The molecule has 1 fully saturated rings. The van der Waals surface area contributed by atoms with Gasteiger partial charge in [-0.3, -0.25) is 9.63 Å². The van der Waals surface area contributed by atoms with E-state index < -0.39 is 8.80 Å². The van der Waals surface area contributed by atoms with Crippen molar-refractivity contribution < 1.29 is 27.6 Å². The van der Waals surface area contributed by atoms with Crippen LogP contribution >= 0.6 is 0 Å². The van der Waals surface area contributed by atoms with E-state index in [0.717, 1.165) is 24.0 Å². The predicted molar refractivity (Wildman–Crippen MR) is 151 cm³/mol. The summed E-state index contributed by atoms with van der Waals surface area (Å²) in [6, 6.07) is 8.48. The molecule has 0 spiro atoms. The number of nitrogens with zero attached hydrogens (tertiary/aromatic N) is 2. The third kappa shape index (κ3) is 8.82. The van der Waals surface area contributed by atoms with Gasteiger partial charge in [-0.15, -0.1) is 0 Å². The Morgan fingerprint density at radius 2 is 1.55 bits per heavy atom. The first-order valence-electron chi connectivity index (χ1n) is 13.4. The van der Waals surface area contributed by atoms with Crippen LogP contribution < -0.4 is 5.32 Å². The van der Waals surface area contributed by atoms with Gasteiger partial charge in [0.05, 0.1) is 13.2 Å². The number of ether oxygens (including phenoxy) is 1. The largest absolute Gasteiger partial charge is 0.527 e. The molecule has 2 rings (SSSR count). The van der Waals surface area contributed by atoms with E-state index in [4.69, 9.17) is 22.9 Å². The third-order valence-corrected chi connectivity index (χ3v) is 9.45. The van der Waals surface area contributed by atoms with Gasteiger partial charge in [-0.25, -0.2) is 0 Å². The van der Waals surface area contributed by atoms with Crippen LogP contribution in [0.25, 0.3) is 0 Å². The molecule has 1 unspecified atom stereocenters. The Hall–Kier alpha value is -1.37. The number of nitrogens with one attached hydrogen (secondary N) is 1. The highest BCUT2D eigenvalue weighted by Gasteiger charge is 2.48. The molecule has 10 heteroatoms. The number of hydrogen-bond acceptors (Lipinski definition) is 8. The first kappa shape index (κ1) is 32.8. The van der Waals surface area contributed by atoms with Crippen LogP contribution in [-0.4, -0.2) is 90.0 Å². The van der Waals surface area contributed by atoms with Crippen LogP contribution in [0, 0.1) is 5.92 Å². The summed E-state index contributed by atoms with van der Waals surface area (Å²) in [5.41, 5.74) is 1.64. The van der Waals surface area contributed by atoms with Gasteiger partial charge in [0.2, 0.25) is 5.91 Å². The minimum atomic E-state index is -2.76. The number of hydroxylamine groups is 2. The van der Waals surface area contributed by atoms with E-state index in [1.54, 1.807) is 21.3 Å². The fraction of sp³-hybridized carbons (Fsp3) is 0.750. The molecule has 0 aliphatic carbocycles. The summed E-state index contributed by atoms with van der Waals surface area (Å²) in [6.07, 6.45) is 1.79. The summed E-state index contributed by atoms with van der Waals surface area (Å²) in [6.45, 7) is 14.0. The van der Waals surface area contributed by atoms with Crippen LogP contribution in [0.1, 0.15) is 71.6 Å². The van der Waals surface area contributed by atoms with Crippen LogP contribution in [0.15, 0.2) is 24.3 Å². The number of likely N-dealkylation sites (N-methyl/N-ethyl adjacent to an activating group) is 1. The van der Waals surface area contributed by atoms with Crippen molar-refractivity contribution in [3.05, 3.63) is 35.4 Å². The fourth-order valence-corrected chi connectivity index (χ4v) is 6.62. The lowest BCUT2D eigenvalue weighted by Crippen LogP contribution is -2.64. The van der Waals surface area contributed by atoms with Gasteiger partial charge in [0.1, 0.15) is 12.3 Å². The lowest BCUT2D eigenvalue weighted by molar-refractivity contribution is -0.316. The Morgan fingerprint density at radius 3 is 2.00 bits per heavy atom. The topological polar surface area (TPSA) is 81.7 Å². The molecule has 218 valence electrons. The number of benzene rings is 1. The highest BCUT2D eigenvalue weighted by molar-refractivity contribution is 6.60. The van der Waals surface area contributed by atoms with Crippen LogP contribution in [-0.2, 0) is 34.3 Å². The summed E-state index contributed by atoms with van der Waals surface area (Å²) in [4.78, 5) is 21.2. The van der Waals surface area contributed by atoms with Gasteiger partial charge in [-0.05, 0) is 71.7 Å². The Bertz CT molecular complexity index is 848. The van der Waals surface area contributed by atoms with Crippen molar-refractivity contribution in [1.29, 1.82) is 0 Å². The van der Waals surface area contributed by atoms with Gasteiger partial charge in [0.25, 0.3) is 0 Å². The lowest BCUT2D eigenvalue weighted by atomic mass is 9.79. The van der Waals surface area contributed by atoms with Crippen molar-refractivity contribution in [3.63, 3.8) is 0 Å². The highest BCUT2D eigenvalue weighted by Crippen LogP contribution is 2.42. The van der Waals surface area contributed by atoms with Crippen LogP contribution in [0.3, 0.4) is 0 Å². The molecule has 1 heterocycles. The van der Waals surface area contributed by atoms with Gasteiger partial charge in [-0.1, -0.05) is 38.1 Å². The predicted octanol–water partition coefficient (Wildman–Crippen LogP) is 3.95. The molecule has 0 bridgehead atoms. The second-order valence-corrected chi connectivity index (χ2v) is 15.0. The highest BCUT2D eigenvalue weighted by atomic mass is 28.4. The lowest BCUT2D eigenvalue weighted by Gasteiger charge is -2.55. The van der Waals surface area contributed by atoms with E-state index in [2.05, 4.69) is 76.2 Å². The maximum Gasteiger partial charge on any atom is 0.527 e. The Balaban J connectivity index is 2.10. The minimum absolute atomic E-state index is 0.0600. The maximum absolute atomic E-state index is 12.4. The zero-order valence-corrected chi connectivity index (χ0v) is 26.4. The van der Waals surface area contributed by atoms with Crippen molar-refractivity contribution in [1.82, 2.24) is 15.3 Å². The van der Waals surface area contributed by atoms with Crippen LogP contribution in [0.5, 0.6) is 0 Å². The summed E-state index contributed by atoms with van der Waals surface area (Å²) >= 11 is 0. The molecule has 1 saturated heterocycles. The number of hydrogen-bond donors (Lipinski definition) is 1. The van der Waals surface area contributed by atoms with E-state index >= 15 is 0 Å². The summed E-state index contributed by atoms with van der Waals surface area (Å²) < 4.78 is 22.1. The number of piperidine rings is 1. The van der Waals surface area contributed by atoms with Gasteiger partial charge >= 0.3 is 8.80 Å². The molecule has 9 nitrogen and oxygen atoms in total. The molecule has 0 aromatic heterocycles. The number of carbonyl (C=O) groups is 1. The van der Waals surface area contributed by atoms with E-state index in [1.807, 2.05) is 19.0 Å². The SMILES string of the molecule is CO[Si](COCc1ccc(C(ON2C(C)(C)CC(NC(=O)CN(C)C)CC2(C)C)C(C)C)cc1)(OC)OC. The minimum Gasteiger partial charge on any atom is -0.375 e. The van der Waals surface area contributed by atoms with Crippen LogP contribution in [0.2, 0.25) is 0 Å². The molecule has 1 aliphatic heterocycles. The first-order chi connectivity index (χ1) is 17.7. The van der Waals surface area contributed by atoms with Crippen molar-refractivity contribution in [2.75, 3.05) is 48.2 Å². The van der Waals surface area contributed by atoms with E-state index in [-0.39, 0.29) is 41.3 Å². The summed E-state index contributed by atoms with van der Waals surface area (Å²) in [7, 11) is 5.79. The zero-order valence-electron chi connectivity index (χ0n) is 25.4. The average Bonchev–Trinajstić information content (AvgIpc) is 2.81. The summed E-state index contributed by atoms with van der Waals surface area (Å²) in [5.74, 6) is 0.322. The fourth-order valence-electron chi connectivity index (χ4n) is 5.42. The molecule has 1 aliphatic rings. The van der Waals surface area contributed by atoms with Crippen molar-refractivity contribution in [3.8, 4) is 0 Å². The average molecular weight is 554 g/mol. The Labute approximate surface area is 231 Å². The second-order valence-electron chi connectivity index (χ2n) is 12.1.